The minimum Gasteiger partial charge on any atom is -0.327 e. The van der Waals surface area contributed by atoms with E-state index in [-0.39, 0.29) is 29.9 Å². The summed E-state index contributed by atoms with van der Waals surface area (Å²) in [6.07, 6.45) is 1.43. The molecule has 1 aromatic carbocycles. The van der Waals surface area contributed by atoms with E-state index in [1.54, 1.807) is 0 Å². The predicted octanol–water partition coefficient (Wildman–Crippen LogP) is 1.13. The largest absolute Gasteiger partial charge is 0.327 e. The molecule has 0 aromatic heterocycles. The number of benzene rings is 1. The minimum absolute atomic E-state index is 0. The van der Waals surface area contributed by atoms with Crippen LogP contribution in [-0.4, -0.2) is 36.8 Å². The second-order valence-electron chi connectivity index (χ2n) is 4.49. The SMILES string of the molecule is Cl.N[C@H]1CCCN(S(=O)(=O)c2ccccc2[N+](=O)[O-])C1. The topological polar surface area (TPSA) is 107 Å². The van der Waals surface area contributed by atoms with E-state index < -0.39 is 20.6 Å². The lowest BCUT2D eigenvalue weighted by atomic mass is 10.1. The van der Waals surface area contributed by atoms with Crippen LogP contribution in [0.3, 0.4) is 0 Å². The smallest absolute Gasteiger partial charge is 0.289 e. The molecule has 0 radical (unpaired) electrons. The number of rotatable bonds is 3. The highest BCUT2D eigenvalue weighted by atomic mass is 35.5. The normalized spacial score (nSPS) is 20.1. The molecule has 1 aliphatic heterocycles. The molecule has 0 saturated carbocycles. The maximum absolute atomic E-state index is 12.4. The number of nitro benzene ring substituents is 1. The van der Waals surface area contributed by atoms with Crippen molar-refractivity contribution in [3.05, 3.63) is 34.4 Å². The van der Waals surface area contributed by atoms with Gasteiger partial charge >= 0.3 is 0 Å². The van der Waals surface area contributed by atoms with Gasteiger partial charge in [-0.05, 0) is 18.9 Å². The van der Waals surface area contributed by atoms with Crippen LogP contribution in [0.25, 0.3) is 0 Å². The molecule has 0 bridgehead atoms. The molecular formula is C11H16ClN3O4S. The molecule has 7 nitrogen and oxygen atoms in total. The van der Waals surface area contributed by atoms with Crippen molar-refractivity contribution < 1.29 is 13.3 Å². The summed E-state index contributed by atoms with van der Waals surface area (Å²) in [6, 6.07) is 5.15. The number of sulfonamides is 1. The fourth-order valence-corrected chi connectivity index (χ4v) is 3.85. The average molecular weight is 322 g/mol. The van der Waals surface area contributed by atoms with Gasteiger partial charge < -0.3 is 5.73 Å². The van der Waals surface area contributed by atoms with Gasteiger partial charge in [-0.15, -0.1) is 12.4 Å². The van der Waals surface area contributed by atoms with Crippen LogP contribution < -0.4 is 5.73 Å². The number of nitrogens with two attached hydrogens (primary N) is 1. The van der Waals surface area contributed by atoms with Gasteiger partial charge in [0.25, 0.3) is 5.69 Å². The molecule has 0 aliphatic carbocycles. The van der Waals surface area contributed by atoms with Gasteiger partial charge in [0.05, 0.1) is 4.92 Å². The van der Waals surface area contributed by atoms with Gasteiger partial charge in [-0.2, -0.15) is 4.31 Å². The molecule has 0 amide bonds. The first-order valence-corrected chi connectivity index (χ1v) is 7.36. The Bertz CT molecular complexity index is 593. The molecule has 0 unspecified atom stereocenters. The van der Waals surface area contributed by atoms with E-state index >= 15 is 0 Å². The monoisotopic (exact) mass is 321 g/mol. The summed E-state index contributed by atoms with van der Waals surface area (Å²) in [5.74, 6) is 0. The molecule has 20 heavy (non-hydrogen) atoms. The lowest BCUT2D eigenvalue weighted by Gasteiger charge is -2.29. The zero-order valence-electron chi connectivity index (χ0n) is 10.6. The first-order chi connectivity index (χ1) is 8.93. The first kappa shape index (κ1) is 16.8. The maximum atomic E-state index is 12.4. The van der Waals surface area contributed by atoms with Crippen LogP contribution in [0.4, 0.5) is 5.69 Å². The van der Waals surface area contributed by atoms with Gasteiger partial charge in [-0.1, -0.05) is 12.1 Å². The van der Waals surface area contributed by atoms with Gasteiger partial charge in [0.1, 0.15) is 0 Å². The fraction of sp³-hybridized carbons (Fsp3) is 0.455. The Morgan fingerprint density at radius 2 is 2.00 bits per heavy atom. The summed E-state index contributed by atoms with van der Waals surface area (Å²) in [5.41, 5.74) is 5.36. The maximum Gasteiger partial charge on any atom is 0.289 e. The van der Waals surface area contributed by atoms with E-state index in [1.807, 2.05) is 0 Å². The van der Waals surface area contributed by atoms with Crippen LogP contribution in [0, 0.1) is 10.1 Å². The fourth-order valence-electron chi connectivity index (χ4n) is 2.16. The Balaban J connectivity index is 0.00000200. The van der Waals surface area contributed by atoms with Crippen molar-refractivity contribution in [2.24, 2.45) is 5.73 Å². The molecule has 2 rings (SSSR count). The lowest BCUT2D eigenvalue weighted by Crippen LogP contribution is -2.45. The summed E-state index contributed by atoms with van der Waals surface area (Å²) in [6.45, 7) is 0.552. The molecule has 0 spiro atoms. The highest BCUT2D eigenvalue weighted by Gasteiger charge is 2.33. The number of nitro groups is 1. The van der Waals surface area contributed by atoms with Crippen molar-refractivity contribution >= 4 is 28.1 Å². The van der Waals surface area contributed by atoms with E-state index in [1.165, 1.54) is 28.6 Å². The molecule has 2 N–H and O–H groups in total. The van der Waals surface area contributed by atoms with E-state index in [2.05, 4.69) is 0 Å². The second kappa shape index (κ2) is 6.49. The van der Waals surface area contributed by atoms with E-state index in [0.29, 0.717) is 13.0 Å². The van der Waals surface area contributed by atoms with E-state index in [9.17, 15) is 18.5 Å². The quantitative estimate of drug-likeness (QED) is 0.663. The number of hydrogen-bond donors (Lipinski definition) is 1. The van der Waals surface area contributed by atoms with Crippen LogP contribution >= 0.6 is 12.4 Å². The van der Waals surface area contributed by atoms with Gasteiger partial charge in [0, 0.05) is 25.2 Å². The zero-order valence-corrected chi connectivity index (χ0v) is 12.3. The number of hydrogen-bond acceptors (Lipinski definition) is 5. The van der Waals surface area contributed by atoms with Crippen molar-refractivity contribution in [1.82, 2.24) is 4.31 Å². The Morgan fingerprint density at radius 1 is 1.35 bits per heavy atom. The third-order valence-electron chi connectivity index (χ3n) is 3.10. The van der Waals surface area contributed by atoms with Crippen LogP contribution in [0.2, 0.25) is 0 Å². The van der Waals surface area contributed by atoms with Crippen molar-refractivity contribution in [3.8, 4) is 0 Å². The molecule has 1 aromatic rings. The van der Waals surface area contributed by atoms with Crippen LogP contribution in [0.15, 0.2) is 29.2 Å². The number of para-hydroxylation sites is 1. The highest BCUT2D eigenvalue weighted by molar-refractivity contribution is 7.89. The molecule has 1 saturated heterocycles. The third-order valence-corrected chi connectivity index (χ3v) is 5.01. The lowest BCUT2D eigenvalue weighted by molar-refractivity contribution is -0.387. The summed E-state index contributed by atoms with van der Waals surface area (Å²) < 4.78 is 26.1. The second-order valence-corrected chi connectivity index (χ2v) is 6.40. The average Bonchev–Trinajstić information content (AvgIpc) is 2.38. The van der Waals surface area contributed by atoms with Crippen molar-refractivity contribution in [1.29, 1.82) is 0 Å². The summed E-state index contributed by atoms with van der Waals surface area (Å²) in [5, 5.41) is 10.9. The molecule has 1 heterocycles. The molecule has 1 fully saturated rings. The minimum atomic E-state index is -3.86. The van der Waals surface area contributed by atoms with Gasteiger partial charge in [-0.3, -0.25) is 10.1 Å². The Kier molecular flexibility index (Phi) is 5.46. The molecule has 9 heteroatoms. The number of halogens is 1. The Labute approximate surface area is 123 Å². The standard InChI is InChI=1S/C11H15N3O4S.ClH/c12-9-4-3-7-13(8-9)19(17,18)11-6-2-1-5-10(11)14(15)16;/h1-2,5-6,9H,3-4,7-8,12H2;1H/t9-;/m0./s1. The number of piperidine rings is 1. The van der Waals surface area contributed by atoms with E-state index in [0.717, 1.165) is 6.42 Å². The highest BCUT2D eigenvalue weighted by Crippen LogP contribution is 2.27. The van der Waals surface area contributed by atoms with Gasteiger partial charge in [-0.25, -0.2) is 8.42 Å². The number of nitrogens with zero attached hydrogens (tertiary/aromatic N) is 2. The summed E-state index contributed by atoms with van der Waals surface area (Å²) in [7, 11) is -3.86. The molecular weight excluding hydrogens is 306 g/mol. The Hall–Kier alpha value is -1.22. The van der Waals surface area contributed by atoms with E-state index in [4.69, 9.17) is 5.73 Å². The van der Waals surface area contributed by atoms with Crippen molar-refractivity contribution in [3.63, 3.8) is 0 Å². The summed E-state index contributed by atoms with van der Waals surface area (Å²) >= 11 is 0. The summed E-state index contributed by atoms with van der Waals surface area (Å²) in [4.78, 5) is 9.96. The Morgan fingerprint density at radius 3 is 2.60 bits per heavy atom. The predicted molar refractivity (Wildman–Crippen MR) is 76.3 cm³/mol. The molecule has 1 aliphatic rings. The first-order valence-electron chi connectivity index (χ1n) is 5.92. The zero-order chi connectivity index (χ0) is 14.0. The van der Waals surface area contributed by atoms with Crippen molar-refractivity contribution in [2.45, 2.75) is 23.8 Å². The van der Waals surface area contributed by atoms with Crippen LogP contribution in [0.5, 0.6) is 0 Å². The van der Waals surface area contributed by atoms with Crippen molar-refractivity contribution in [2.75, 3.05) is 13.1 Å². The van der Waals surface area contributed by atoms with Crippen LogP contribution in [-0.2, 0) is 10.0 Å². The van der Waals surface area contributed by atoms with Gasteiger partial charge in [0.2, 0.25) is 10.0 Å². The molecule has 1 atom stereocenters. The van der Waals surface area contributed by atoms with Crippen LogP contribution in [0.1, 0.15) is 12.8 Å². The van der Waals surface area contributed by atoms with Gasteiger partial charge in [0.15, 0.2) is 4.90 Å². The third kappa shape index (κ3) is 3.26. The molecule has 112 valence electrons.